The number of amides is 1. The van der Waals surface area contributed by atoms with E-state index < -0.39 is 12.5 Å². The fraction of sp³-hybridized carbons (Fsp3) is 0.364. The highest BCUT2D eigenvalue weighted by Crippen LogP contribution is 2.38. The van der Waals surface area contributed by atoms with Crippen LogP contribution in [0.4, 0.5) is 18.9 Å². The molecule has 174 valence electrons. The minimum absolute atomic E-state index is 0.0283. The Kier molecular flexibility index (Phi) is 9.09. The Bertz CT molecular complexity index is 968. The van der Waals surface area contributed by atoms with Gasteiger partial charge in [-0.1, -0.05) is 35.3 Å². The van der Waals surface area contributed by atoms with Gasteiger partial charge in [0.1, 0.15) is 0 Å². The third-order valence-electron chi connectivity index (χ3n) is 4.66. The summed E-state index contributed by atoms with van der Waals surface area (Å²) >= 11 is 12.7. The van der Waals surface area contributed by atoms with Crippen LogP contribution < -0.4 is 5.32 Å². The van der Waals surface area contributed by atoms with Gasteiger partial charge in [0.05, 0.1) is 6.54 Å². The molecular formula is C22H24Cl2F3N3O2. The molecule has 1 heterocycles. The van der Waals surface area contributed by atoms with Crippen LogP contribution in [0.1, 0.15) is 22.6 Å². The molecule has 3 rings (SSSR count). The van der Waals surface area contributed by atoms with Gasteiger partial charge in [-0.05, 0) is 62.1 Å². The van der Waals surface area contributed by atoms with Crippen molar-refractivity contribution in [2.24, 2.45) is 0 Å². The molecule has 2 aromatic rings. The fourth-order valence-electron chi connectivity index (χ4n) is 3.45. The molecule has 1 N–H and O–H groups in total. The number of rotatable bonds is 4. The van der Waals surface area contributed by atoms with Crippen molar-refractivity contribution < 1.29 is 22.8 Å². The molecule has 0 aliphatic carbocycles. The van der Waals surface area contributed by atoms with Crippen molar-refractivity contribution in [3.8, 4) is 0 Å². The molecule has 0 radical (unpaired) electrons. The number of fused-ring (bicyclic) bond motifs is 1. The number of carbonyl (C=O) groups excluding carboxylic acids is 2. The van der Waals surface area contributed by atoms with Crippen molar-refractivity contribution in [2.75, 3.05) is 39.5 Å². The first-order valence-corrected chi connectivity index (χ1v) is 10.4. The molecule has 0 spiro atoms. The molecule has 1 unspecified atom stereocenters. The van der Waals surface area contributed by atoms with E-state index in [1.807, 2.05) is 43.3 Å². The van der Waals surface area contributed by atoms with Gasteiger partial charge in [0.2, 0.25) is 12.2 Å². The summed E-state index contributed by atoms with van der Waals surface area (Å²) in [5.74, 6) is 0.130. The molecule has 1 amide bonds. The molecule has 1 atom stereocenters. The molecule has 32 heavy (non-hydrogen) atoms. The first-order valence-electron chi connectivity index (χ1n) is 9.63. The predicted octanol–water partition coefficient (Wildman–Crippen LogP) is 4.82. The van der Waals surface area contributed by atoms with Gasteiger partial charge in [0, 0.05) is 34.7 Å². The number of carbonyl (C=O) groups is 2. The number of likely N-dealkylation sites (N-methyl/N-ethyl adjacent to an activating group) is 2. The number of benzene rings is 2. The van der Waals surface area contributed by atoms with Gasteiger partial charge in [-0.25, -0.2) is 0 Å². The van der Waals surface area contributed by atoms with Gasteiger partial charge >= 0.3 is 6.18 Å². The van der Waals surface area contributed by atoms with Gasteiger partial charge in [-0.15, -0.1) is 0 Å². The molecule has 10 heteroatoms. The summed E-state index contributed by atoms with van der Waals surface area (Å²) in [6.45, 7) is 2.03. The van der Waals surface area contributed by atoms with Gasteiger partial charge in [0.25, 0.3) is 0 Å². The average molecular weight is 490 g/mol. The van der Waals surface area contributed by atoms with Crippen LogP contribution in [0.2, 0.25) is 10.0 Å². The van der Waals surface area contributed by atoms with Gasteiger partial charge in [0.15, 0.2) is 0 Å². The van der Waals surface area contributed by atoms with Crippen LogP contribution in [0, 0.1) is 0 Å². The number of nitrogens with zero attached hydrogens (tertiary/aromatic N) is 2. The quantitative estimate of drug-likeness (QED) is 0.625. The maximum Gasteiger partial charge on any atom is 0.446 e. The molecule has 1 aliphatic heterocycles. The number of aldehydes is 1. The zero-order valence-corrected chi connectivity index (χ0v) is 19.4. The van der Waals surface area contributed by atoms with E-state index in [0.717, 1.165) is 35.5 Å². The summed E-state index contributed by atoms with van der Waals surface area (Å²) in [6, 6.07) is 11.8. The van der Waals surface area contributed by atoms with Crippen molar-refractivity contribution in [3.05, 3.63) is 63.1 Å². The summed E-state index contributed by atoms with van der Waals surface area (Å²) < 4.78 is 31.2. The average Bonchev–Trinajstić information content (AvgIpc) is 2.67. The van der Waals surface area contributed by atoms with Crippen LogP contribution in [0.15, 0.2) is 36.4 Å². The topological polar surface area (TPSA) is 52.7 Å². The summed E-state index contributed by atoms with van der Waals surface area (Å²) in [4.78, 5) is 24.9. The van der Waals surface area contributed by atoms with E-state index in [2.05, 4.69) is 23.3 Å². The van der Waals surface area contributed by atoms with E-state index in [4.69, 9.17) is 28.0 Å². The third-order valence-corrected chi connectivity index (χ3v) is 5.21. The van der Waals surface area contributed by atoms with E-state index in [1.165, 1.54) is 0 Å². The highest BCUT2D eigenvalue weighted by atomic mass is 35.5. The Balaban J connectivity index is 0.000000534. The molecular weight excluding hydrogens is 466 g/mol. The highest BCUT2D eigenvalue weighted by molar-refractivity contribution is 6.35. The second-order valence-electron chi connectivity index (χ2n) is 7.78. The molecule has 0 saturated carbocycles. The Morgan fingerprint density at radius 1 is 1.25 bits per heavy atom. The second-order valence-corrected chi connectivity index (χ2v) is 8.62. The van der Waals surface area contributed by atoms with Crippen LogP contribution in [0.3, 0.4) is 0 Å². The lowest BCUT2D eigenvalue weighted by atomic mass is 9.84. The maximum atomic E-state index is 12.1. The standard InChI is InChI=1S/C20H23Cl2N3O.C2HF3O/c1-24(2)12-20(26)23-15-6-4-5-13(7-15)17-10-25(3)11-18-16(17)8-14(21)9-19(18)22;3-2(4,5)1-6/h4-9,17H,10-12H2,1-3H3,(H,23,26);1H. The number of alkyl halides is 3. The number of anilines is 1. The van der Waals surface area contributed by atoms with E-state index in [-0.39, 0.29) is 11.8 Å². The SMILES string of the molecule is CN(C)CC(=O)Nc1cccc(C2CN(C)Cc3c(Cl)cc(Cl)cc32)c1.O=CC(F)(F)F. The third kappa shape index (κ3) is 7.78. The molecule has 2 aromatic carbocycles. The fourth-order valence-corrected chi connectivity index (χ4v) is 4.02. The lowest BCUT2D eigenvalue weighted by Gasteiger charge is -2.33. The number of halogens is 5. The molecule has 0 saturated heterocycles. The molecule has 5 nitrogen and oxygen atoms in total. The van der Waals surface area contributed by atoms with Crippen LogP contribution in [0.25, 0.3) is 0 Å². The highest BCUT2D eigenvalue weighted by Gasteiger charge is 2.27. The van der Waals surface area contributed by atoms with Crippen molar-refractivity contribution in [1.29, 1.82) is 0 Å². The Morgan fingerprint density at radius 3 is 2.50 bits per heavy atom. The monoisotopic (exact) mass is 489 g/mol. The molecule has 0 fully saturated rings. The Labute approximate surface area is 195 Å². The van der Waals surface area contributed by atoms with Crippen molar-refractivity contribution >= 4 is 41.1 Å². The van der Waals surface area contributed by atoms with Crippen molar-refractivity contribution in [1.82, 2.24) is 9.80 Å². The minimum atomic E-state index is -4.64. The Morgan fingerprint density at radius 2 is 1.91 bits per heavy atom. The largest absolute Gasteiger partial charge is 0.446 e. The van der Waals surface area contributed by atoms with Crippen LogP contribution in [-0.4, -0.2) is 62.4 Å². The first kappa shape index (κ1) is 26.1. The van der Waals surface area contributed by atoms with E-state index >= 15 is 0 Å². The zero-order valence-electron chi connectivity index (χ0n) is 17.8. The summed E-state index contributed by atoms with van der Waals surface area (Å²) in [5.41, 5.74) is 4.23. The lowest BCUT2D eigenvalue weighted by Crippen LogP contribution is -2.31. The predicted molar refractivity (Wildman–Crippen MR) is 120 cm³/mol. The van der Waals surface area contributed by atoms with E-state index in [1.54, 1.807) is 6.07 Å². The summed E-state index contributed by atoms with van der Waals surface area (Å²) in [5, 5.41) is 4.32. The maximum absolute atomic E-state index is 12.1. The molecule has 1 aliphatic rings. The normalized spacial score (nSPS) is 16.1. The van der Waals surface area contributed by atoms with Crippen LogP contribution in [-0.2, 0) is 16.1 Å². The van der Waals surface area contributed by atoms with Gasteiger partial charge in [-0.3, -0.25) is 9.59 Å². The molecule has 0 bridgehead atoms. The molecule has 0 aromatic heterocycles. The van der Waals surface area contributed by atoms with Gasteiger partial charge in [-0.2, -0.15) is 13.2 Å². The number of hydrogen-bond donors (Lipinski definition) is 1. The summed E-state index contributed by atoms with van der Waals surface area (Å²) in [6.07, 6.45) is -5.70. The smallest absolute Gasteiger partial charge is 0.325 e. The van der Waals surface area contributed by atoms with E-state index in [9.17, 15) is 18.0 Å². The Hall–Kier alpha value is -2.13. The summed E-state index contributed by atoms with van der Waals surface area (Å²) in [7, 11) is 5.83. The van der Waals surface area contributed by atoms with Crippen LogP contribution >= 0.6 is 23.2 Å². The lowest BCUT2D eigenvalue weighted by molar-refractivity contribution is -0.156. The van der Waals surface area contributed by atoms with Crippen molar-refractivity contribution in [3.63, 3.8) is 0 Å². The first-order chi connectivity index (χ1) is 14.9. The van der Waals surface area contributed by atoms with Crippen LogP contribution in [0.5, 0.6) is 0 Å². The zero-order chi connectivity index (χ0) is 24.1. The van der Waals surface area contributed by atoms with Crippen molar-refractivity contribution in [2.45, 2.75) is 18.6 Å². The number of nitrogens with one attached hydrogen (secondary N) is 1. The second kappa shape index (κ2) is 11.1. The minimum Gasteiger partial charge on any atom is -0.325 e. The number of hydrogen-bond acceptors (Lipinski definition) is 4. The van der Waals surface area contributed by atoms with E-state index in [0.29, 0.717) is 16.6 Å². The van der Waals surface area contributed by atoms with Gasteiger partial charge < -0.3 is 15.1 Å².